The summed E-state index contributed by atoms with van der Waals surface area (Å²) in [6, 6.07) is 3.46. The number of carbonyl (C=O) groups excluding carboxylic acids is 1. The lowest BCUT2D eigenvalue weighted by molar-refractivity contribution is -0.119. The van der Waals surface area contributed by atoms with Gasteiger partial charge in [0.2, 0.25) is 0 Å². The Bertz CT molecular complexity index is 719. The van der Waals surface area contributed by atoms with E-state index in [9.17, 15) is 4.79 Å². The molecule has 24 heavy (non-hydrogen) atoms. The van der Waals surface area contributed by atoms with E-state index in [1.54, 1.807) is 12.1 Å². The molecule has 0 aliphatic carbocycles. The fourth-order valence-electron chi connectivity index (χ4n) is 1.96. The van der Waals surface area contributed by atoms with Crippen LogP contribution in [0.3, 0.4) is 0 Å². The minimum Gasteiger partial charge on any atom is -0.493 e. The maximum Gasteiger partial charge on any atom is 0.258 e. The molecule has 1 amide bonds. The lowest BCUT2D eigenvalue weighted by Crippen LogP contribution is -2.24. The molecule has 1 heterocycles. The summed E-state index contributed by atoms with van der Waals surface area (Å²) in [5, 5.41) is 7.29. The molecular weight excluding hydrogens is 336 g/mol. The van der Waals surface area contributed by atoms with Crippen LogP contribution in [0.1, 0.15) is 12.7 Å². The van der Waals surface area contributed by atoms with Crippen LogP contribution < -0.4 is 20.5 Å². The lowest BCUT2D eigenvalue weighted by Gasteiger charge is -2.12. The highest BCUT2D eigenvalue weighted by atomic mass is 35.5. The third kappa shape index (κ3) is 4.36. The number of likely N-dealkylation sites (N-methyl/N-ethyl adjacent to an activating group) is 1. The molecule has 0 saturated heterocycles. The van der Waals surface area contributed by atoms with Crippen LogP contribution in [-0.4, -0.2) is 42.9 Å². The van der Waals surface area contributed by atoms with Gasteiger partial charge in [0.1, 0.15) is 0 Å². The van der Waals surface area contributed by atoms with Crippen molar-refractivity contribution in [1.29, 1.82) is 0 Å². The number of rotatable bonds is 8. The van der Waals surface area contributed by atoms with Crippen LogP contribution in [0.5, 0.6) is 11.5 Å². The molecule has 8 nitrogen and oxygen atoms in total. The Morgan fingerprint density at radius 2 is 2.25 bits per heavy atom. The number of carbonyl (C=O) groups is 1. The third-order valence-electron chi connectivity index (χ3n) is 3.28. The molecular formula is C15H19ClN4O4. The molecule has 0 aliphatic rings. The van der Waals surface area contributed by atoms with E-state index in [4.69, 9.17) is 31.3 Å². The number of methoxy groups -OCH3 is 1. The van der Waals surface area contributed by atoms with E-state index in [0.29, 0.717) is 29.4 Å². The zero-order valence-electron chi connectivity index (χ0n) is 13.6. The van der Waals surface area contributed by atoms with Crippen LogP contribution in [0, 0.1) is 0 Å². The van der Waals surface area contributed by atoms with E-state index in [2.05, 4.69) is 15.5 Å². The third-order valence-corrected chi connectivity index (χ3v) is 3.57. The molecule has 0 saturated carbocycles. The smallest absolute Gasteiger partial charge is 0.258 e. The van der Waals surface area contributed by atoms with Crippen LogP contribution >= 0.6 is 11.6 Å². The molecule has 0 aliphatic heterocycles. The van der Waals surface area contributed by atoms with Gasteiger partial charge in [-0.25, -0.2) is 0 Å². The number of ether oxygens (including phenoxy) is 2. The van der Waals surface area contributed by atoms with Crippen molar-refractivity contribution < 1.29 is 18.8 Å². The van der Waals surface area contributed by atoms with E-state index >= 15 is 0 Å². The number of nitrogens with one attached hydrogen (secondary N) is 1. The molecule has 130 valence electrons. The minimum atomic E-state index is -0.614. The molecule has 0 spiro atoms. The topological polar surface area (TPSA) is 112 Å². The molecule has 0 fully saturated rings. The van der Waals surface area contributed by atoms with Crippen molar-refractivity contribution in [1.82, 2.24) is 15.5 Å². The number of benzene rings is 1. The van der Waals surface area contributed by atoms with Crippen molar-refractivity contribution in [3.63, 3.8) is 0 Å². The summed E-state index contributed by atoms with van der Waals surface area (Å²) in [6.45, 7) is 1.71. The normalized spacial score (nSPS) is 12.0. The summed E-state index contributed by atoms with van der Waals surface area (Å²) in [6.07, 6.45) is 0.630. The van der Waals surface area contributed by atoms with Gasteiger partial charge in [0.25, 0.3) is 11.8 Å². The molecule has 1 aromatic carbocycles. The molecule has 0 bridgehead atoms. The van der Waals surface area contributed by atoms with Crippen molar-refractivity contribution in [2.75, 3.05) is 20.8 Å². The van der Waals surface area contributed by atoms with Crippen molar-refractivity contribution in [2.24, 2.45) is 5.73 Å². The van der Waals surface area contributed by atoms with Crippen LogP contribution in [0.2, 0.25) is 5.02 Å². The molecule has 1 atom stereocenters. The van der Waals surface area contributed by atoms with Gasteiger partial charge in [0.15, 0.2) is 23.9 Å². The Hall–Kier alpha value is -2.32. The van der Waals surface area contributed by atoms with Crippen molar-refractivity contribution in [2.45, 2.75) is 19.4 Å². The van der Waals surface area contributed by atoms with E-state index < -0.39 is 5.91 Å². The molecule has 2 aromatic rings. The first kappa shape index (κ1) is 18.0. The standard InChI is InChI=1S/C15H19ClN4O4/c1-8(18-2)4-13-19-15(24-20-13)9-5-10(16)14(11(6-9)22-3)23-7-12(17)21/h5-6,8,18H,4,7H2,1-3H3,(H2,17,21). The van der Waals surface area contributed by atoms with E-state index in [-0.39, 0.29) is 23.4 Å². The molecule has 1 aromatic heterocycles. The number of hydrogen-bond acceptors (Lipinski definition) is 7. The summed E-state index contributed by atoms with van der Waals surface area (Å²) in [5.41, 5.74) is 5.65. The van der Waals surface area contributed by atoms with Gasteiger partial charge in [-0.3, -0.25) is 4.79 Å². The van der Waals surface area contributed by atoms with Crippen molar-refractivity contribution in [3.8, 4) is 23.0 Å². The average molecular weight is 355 g/mol. The van der Waals surface area contributed by atoms with E-state index in [1.807, 2.05) is 14.0 Å². The summed E-state index contributed by atoms with van der Waals surface area (Å²) < 4.78 is 15.8. The predicted molar refractivity (Wildman–Crippen MR) is 88.2 cm³/mol. The Morgan fingerprint density at radius 3 is 2.88 bits per heavy atom. The zero-order valence-corrected chi connectivity index (χ0v) is 14.4. The Balaban J connectivity index is 2.28. The van der Waals surface area contributed by atoms with Crippen LogP contribution in [0.25, 0.3) is 11.5 Å². The fraction of sp³-hybridized carbons (Fsp3) is 0.400. The average Bonchev–Trinajstić information content (AvgIpc) is 3.01. The highest BCUT2D eigenvalue weighted by Crippen LogP contribution is 2.39. The second-order valence-corrected chi connectivity index (χ2v) is 5.56. The molecule has 9 heteroatoms. The van der Waals surface area contributed by atoms with Gasteiger partial charge in [0.05, 0.1) is 12.1 Å². The molecule has 1 unspecified atom stereocenters. The Labute approximate surface area is 144 Å². The first-order chi connectivity index (χ1) is 11.4. The van der Waals surface area contributed by atoms with Gasteiger partial charge < -0.3 is 25.0 Å². The summed E-state index contributed by atoms with van der Waals surface area (Å²) in [7, 11) is 3.32. The summed E-state index contributed by atoms with van der Waals surface area (Å²) >= 11 is 6.20. The van der Waals surface area contributed by atoms with Gasteiger partial charge in [0, 0.05) is 18.0 Å². The zero-order chi connectivity index (χ0) is 17.7. The summed E-state index contributed by atoms with van der Waals surface area (Å²) in [5.74, 6) is 0.843. The quantitative estimate of drug-likeness (QED) is 0.736. The number of amides is 1. The first-order valence-electron chi connectivity index (χ1n) is 7.23. The number of nitrogens with two attached hydrogens (primary N) is 1. The van der Waals surface area contributed by atoms with Crippen molar-refractivity contribution in [3.05, 3.63) is 23.0 Å². The van der Waals surface area contributed by atoms with Gasteiger partial charge in [-0.05, 0) is 26.1 Å². The number of primary amides is 1. The number of halogens is 1. The maximum atomic E-state index is 10.9. The van der Waals surface area contributed by atoms with E-state index in [1.165, 1.54) is 7.11 Å². The van der Waals surface area contributed by atoms with Crippen molar-refractivity contribution >= 4 is 17.5 Å². The molecule has 3 N–H and O–H groups in total. The number of nitrogens with zero attached hydrogens (tertiary/aromatic N) is 2. The highest BCUT2D eigenvalue weighted by molar-refractivity contribution is 6.32. The highest BCUT2D eigenvalue weighted by Gasteiger charge is 2.17. The Kier molecular flexibility index (Phi) is 5.99. The van der Waals surface area contributed by atoms with Gasteiger partial charge in [-0.2, -0.15) is 4.98 Å². The van der Waals surface area contributed by atoms with Crippen LogP contribution in [0.15, 0.2) is 16.7 Å². The fourth-order valence-corrected chi connectivity index (χ4v) is 2.22. The van der Waals surface area contributed by atoms with Gasteiger partial charge in [-0.1, -0.05) is 16.8 Å². The largest absolute Gasteiger partial charge is 0.493 e. The van der Waals surface area contributed by atoms with Gasteiger partial charge in [-0.15, -0.1) is 0 Å². The Morgan fingerprint density at radius 1 is 1.50 bits per heavy atom. The lowest BCUT2D eigenvalue weighted by atomic mass is 10.2. The minimum absolute atomic E-state index is 0.221. The monoisotopic (exact) mass is 354 g/mol. The van der Waals surface area contributed by atoms with Crippen LogP contribution in [-0.2, 0) is 11.2 Å². The second kappa shape index (κ2) is 7.98. The van der Waals surface area contributed by atoms with Crippen LogP contribution in [0.4, 0.5) is 0 Å². The molecule has 0 radical (unpaired) electrons. The summed E-state index contributed by atoms with van der Waals surface area (Å²) in [4.78, 5) is 15.2. The number of aromatic nitrogens is 2. The number of hydrogen-bond donors (Lipinski definition) is 2. The molecule has 2 rings (SSSR count). The second-order valence-electron chi connectivity index (χ2n) is 5.15. The van der Waals surface area contributed by atoms with Gasteiger partial charge >= 0.3 is 0 Å². The first-order valence-corrected chi connectivity index (χ1v) is 7.61. The maximum absolute atomic E-state index is 10.9. The SMILES string of the molecule is CNC(C)Cc1noc(-c2cc(Cl)c(OCC(N)=O)c(OC)c2)n1. The predicted octanol–water partition coefficient (Wildman–Crippen LogP) is 1.41. The van der Waals surface area contributed by atoms with E-state index in [0.717, 1.165) is 0 Å².